The van der Waals surface area contributed by atoms with Gasteiger partial charge in [0.15, 0.2) is 0 Å². The summed E-state index contributed by atoms with van der Waals surface area (Å²) in [5.41, 5.74) is 0.773. The smallest absolute Gasteiger partial charge is 0.149 e. The highest BCUT2D eigenvalue weighted by molar-refractivity contribution is 8.00. The first-order valence-electron chi connectivity index (χ1n) is 2.91. The predicted molar refractivity (Wildman–Crippen MR) is 44.5 cm³/mol. The van der Waals surface area contributed by atoms with Crippen LogP contribution in [0.25, 0.3) is 0 Å². The molecule has 1 atom stereocenters. The molecular formula is C6H9NOS2. The third kappa shape index (κ3) is 1.71. The second-order valence-electron chi connectivity index (χ2n) is 1.92. The summed E-state index contributed by atoms with van der Waals surface area (Å²) in [6.07, 6.45) is 1.54. The van der Waals surface area contributed by atoms with E-state index in [2.05, 4.69) is 4.98 Å². The largest absolute Gasteiger partial charge is 0.387 e. The Kier molecular flexibility index (Phi) is 2.71. The molecule has 0 spiro atoms. The molecule has 0 amide bonds. The molecule has 10 heavy (non-hydrogen) atoms. The fourth-order valence-electron chi connectivity index (χ4n) is 0.555. The summed E-state index contributed by atoms with van der Waals surface area (Å²) in [6, 6.07) is 0. The van der Waals surface area contributed by atoms with Gasteiger partial charge in [0, 0.05) is 5.38 Å². The maximum Gasteiger partial charge on any atom is 0.149 e. The van der Waals surface area contributed by atoms with E-state index in [1.807, 2.05) is 11.6 Å². The van der Waals surface area contributed by atoms with Crippen LogP contribution in [0.15, 0.2) is 9.72 Å². The molecule has 0 aliphatic rings. The molecule has 4 heteroatoms. The Morgan fingerprint density at radius 3 is 2.80 bits per heavy atom. The molecule has 2 nitrogen and oxygen atoms in total. The SMILES string of the molecule is CSc1nc(C(C)O)cs1. The van der Waals surface area contributed by atoms with E-state index >= 15 is 0 Å². The maximum absolute atomic E-state index is 9.07. The average molecular weight is 175 g/mol. The van der Waals surface area contributed by atoms with Gasteiger partial charge in [-0.25, -0.2) is 4.98 Å². The van der Waals surface area contributed by atoms with E-state index < -0.39 is 6.10 Å². The number of aliphatic hydroxyl groups excluding tert-OH is 1. The lowest BCUT2D eigenvalue weighted by Gasteiger charge is -1.95. The summed E-state index contributed by atoms with van der Waals surface area (Å²) >= 11 is 3.17. The topological polar surface area (TPSA) is 33.1 Å². The van der Waals surface area contributed by atoms with Crippen LogP contribution in [0.5, 0.6) is 0 Å². The van der Waals surface area contributed by atoms with Crippen molar-refractivity contribution in [1.82, 2.24) is 4.98 Å². The Labute approximate surface area is 68.3 Å². The van der Waals surface area contributed by atoms with Gasteiger partial charge < -0.3 is 5.11 Å². The number of aliphatic hydroxyl groups is 1. The van der Waals surface area contributed by atoms with E-state index in [-0.39, 0.29) is 0 Å². The van der Waals surface area contributed by atoms with Gasteiger partial charge in [0.1, 0.15) is 4.34 Å². The van der Waals surface area contributed by atoms with Crippen LogP contribution >= 0.6 is 23.1 Å². The number of hydrogen-bond donors (Lipinski definition) is 1. The van der Waals surface area contributed by atoms with Gasteiger partial charge in [-0.3, -0.25) is 0 Å². The molecule has 56 valence electrons. The van der Waals surface area contributed by atoms with Crippen molar-refractivity contribution in [3.8, 4) is 0 Å². The number of nitrogens with zero attached hydrogens (tertiary/aromatic N) is 1. The van der Waals surface area contributed by atoms with Gasteiger partial charge >= 0.3 is 0 Å². The second kappa shape index (κ2) is 3.37. The number of hydrogen-bond acceptors (Lipinski definition) is 4. The van der Waals surface area contributed by atoms with E-state index in [0.717, 1.165) is 10.0 Å². The Hall–Kier alpha value is -0.0600. The zero-order valence-electron chi connectivity index (χ0n) is 5.87. The van der Waals surface area contributed by atoms with Crippen molar-refractivity contribution >= 4 is 23.1 Å². The molecule has 1 rings (SSSR count). The van der Waals surface area contributed by atoms with E-state index in [9.17, 15) is 0 Å². The maximum atomic E-state index is 9.07. The van der Waals surface area contributed by atoms with Crippen molar-refractivity contribution in [2.24, 2.45) is 0 Å². The van der Waals surface area contributed by atoms with Crippen molar-refractivity contribution in [2.45, 2.75) is 17.4 Å². The first-order valence-corrected chi connectivity index (χ1v) is 5.02. The number of thiazole rings is 1. The van der Waals surface area contributed by atoms with Crippen LogP contribution in [0, 0.1) is 0 Å². The second-order valence-corrected chi connectivity index (χ2v) is 3.83. The molecule has 0 bridgehead atoms. The van der Waals surface area contributed by atoms with E-state index in [0.29, 0.717) is 0 Å². The van der Waals surface area contributed by atoms with Crippen LogP contribution in [0.2, 0.25) is 0 Å². The minimum atomic E-state index is -0.433. The van der Waals surface area contributed by atoms with Gasteiger partial charge in [0.05, 0.1) is 11.8 Å². The van der Waals surface area contributed by atoms with Gasteiger partial charge in [0.25, 0.3) is 0 Å². The Bertz CT molecular complexity index is 209. The molecule has 1 unspecified atom stereocenters. The normalized spacial score (nSPS) is 13.5. The van der Waals surface area contributed by atoms with E-state index in [1.54, 1.807) is 30.0 Å². The Morgan fingerprint density at radius 1 is 1.80 bits per heavy atom. The molecule has 0 saturated heterocycles. The highest BCUT2D eigenvalue weighted by atomic mass is 32.2. The van der Waals surface area contributed by atoms with Gasteiger partial charge in [0.2, 0.25) is 0 Å². The summed E-state index contributed by atoms with van der Waals surface area (Å²) in [7, 11) is 0. The van der Waals surface area contributed by atoms with Gasteiger partial charge in [-0.15, -0.1) is 11.3 Å². The zero-order valence-corrected chi connectivity index (χ0v) is 7.50. The van der Waals surface area contributed by atoms with Crippen LogP contribution in [0.3, 0.4) is 0 Å². The van der Waals surface area contributed by atoms with E-state index in [1.165, 1.54) is 0 Å². The lowest BCUT2D eigenvalue weighted by Crippen LogP contribution is -1.89. The summed E-state index contributed by atoms with van der Waals surface area (Å²) in [5, 5.41) is 11.0. The highest BCUT2D eigenvalue weighted by Crippen LogP contribution is 2.22. The zero-order chi connectivity index (χ0) is 7.56. The average Bonchev–Trinajstić information content (AvgIpc) is 2.34. The summed E-state index contributed by atoms with van der Waals surface area (Å²) in [6.45, 7) is 1.72. The van der Waals surface area contributed by atoms with Crippen LogP contribution in [-0.2, 0) is 0 Å². The molecule has 1 heterocycles. The molecule has 0 saturated carbocycles. The predicted octanol–water partition coefficient (Wildman–Crippen LogP) is 1.92. The summed E-state index contributed by atoms with van der Waals surface area (Å²) in [4.78, 5) is 4.16. The van der Waals surface area contributed by atoms with Crippen molar-refractivity contribution in [3.63, 3.8) is 0 Å². The number of aromatic nitrogens is 1. The fourth-order valence-corrected chi connectivity index (χ4v) is 1.91. The first kappa shape index (κ1) is 8.04. The van der Waals surface area contributed by atoms with Crippen LogP contribution in [0.4, 0.5) is 0 Å². The summed E-state index contributed by atoms with van der Waals surface area (Å²) in [5.74, 6) is 0. The number of rotatable bonds is 2. The molecule has 1 aromatic rings. The van der Waals surface area contributed by atoms with E-state index in [4.69, 9.17) is 5.11 Å². The molecule has 0 aliphatic carbocycles. The highest BCUT2D eigenvalue weighted by Gasteiger charge is 2.04. The molecule has 0 aromatic carbocycles. The molecule has 0 radical (unpaired) electrons. The van der Waals surface area contributed by atoms with Gasteiger partial charge in [-0.2, -0.15) is 0 Å². The number of thioether (sulfide) groups is 1. The standard InChI is InChI=1S/C6H9NOS2/c1-4(8)5-3-10-6(7-5)9-2/h3-4,8H,1-2H3. The van der Waals surface area contributed by atoms with Crippen molar-refractivity contribution < 1.29 is 5.11 Å². The Morgan fingerprint density at radius 2 is 2.50 bits per heavy atom. The molecular weight excluding hydrogens is 166 g/mol. The van der Waals surface area contributed by atoms with Gasteiger partial charge in [-0.05, 0) is 13.2 Å². The van der Waals surface area contributed by atoms with Crippen molar-refractivity contribution in [1.29, 1.82) is 0 Å². The fraction of sp³-hybridized carbons (Fsp3) is 0.500. The van der Waals surface area contributed by atoms with Gasteiger partial charge in [-0.1, -0.05) is 11.8 Å². The Balaban J connectivity index is 2.78. The lowest BCUT2D eigenvalue weighted by molar-refractivity contribution is 0.194. The molecule has 1 N–H and O–H groups in total. The minimum Gasteiger partial charge on any atom is -0.387 e. The van der Waals surface area contributed by atoms with Crippen molar-refractivity contribution in [3.05, 3.63) is 11.1 Å². The summed E-state index contributed by atoms with van der Waals surface area (Å²) < 4.78 is 1.01. The van der Waals surface area contributed by atoms with Crippen LogP contribution in [-0.4, -0.2) is 16.3 Å². The lowest BCUT2D eigenvalue weighted by atomic mass is 10.3. The molecule has 0 aliphatic heterocycles. The monoisotopic (exact) mass is 175 g/mol. The van der Waals surface area contributed by atoms with Crippen LogP contribution in [0.1, 0.15) is 18.7 Å². The van der Waals surface area contributed by atoms with Crippen molar-refractivity contribution in [2.75, 3.05) is 6.26 Å². The minimum absolute atomic E-state index is 0.433. The quantitative estimate of drug-likeness (QED) is 0.697. The third-order valence-corrected chi connectivity index (χ3v) is 2.99. The molecule has 1 aromatic heterocycles. The van der Waals surface area contributed by atoms with Crippen LogP contribution < -0.4 is 0 Å². The third-order valence-electron chi connectivity index (χ3n) is 1.10. The first-order chi connectivity index (χ1) is 4.74. The molecule has 0 fully saturated rings.